The molecule has 180 valence electrons. The molecule has 0 N–H and O–H groups in total. The van der Waals surface area contributed by atoms with Gasteiger partial charge in [0.05, 0.1) is 12.1 Å². The molecule has 2 aliphatic rings. The van der Waals surface area contributed by atoms with Crippen molar-refractivity contribution >= 4 is 34.2 Å². The van der Waals surface area contributed by atoms with Crippen LogP contribution in [0.1, 0.15) is 16.1 Å². The predicted molar refractivity (Wildman–Crippen MR) is 143 cm³/mol. The quantitative estimate of drug-likeness (QED) is 0.358. The number of para-hydroxylation sites is 1. The third-order valence-corrected chi connectivity index (χ3v) is 7.35. The highest BCUT2D eigenvalue weighted by molar-refractivity contribution is 6.07. The number of rotatable bonds is 3. The lowest BCUT2D eigenvalue weighted by atomic mass is 10.0. The molecule has 2 amide bonds. The Balaban J connectivity index is 1.25. The average molecular weight is 486 g/mol. The van der Waals surface area contributed by atoms with Gasteiger partial charge in [0.2, 0.25) is 5.91 Å². The molecule has 0 bridgehead atoms. The number of aromatic nitrogens is 3. The summed E-state index contributed by atoms with van der Waals surface area (Å²) in [6.45, 7) is 1.40. The van der Waals surface area contributed by atoms with Gasteiger partial charge in [0, 0.05) is 60.9 Å². The van der Waals surface area contributed by atoms with E-state index in [1.165, 1.54) is 0 Å². The van der Waals surface area contributed by atoms with Crippen molar-refractivity contribution in [2.24, 2.45) is 0 Å². The zero-order chi connectivity index (χ0) is 25.1. The van der Waals surface area contributed by atoms with Gasteiger partial charge in [0.15, 0.2) is 0 Å². The highest BCUT2D eigenvalue weighted by Crippen LogP contribution is 2.37. The van der Waals surface area contributed by atoms with Crippen LogP contribution in [0.2, 0.25) is 0 Å². The first-order chi connectivity index (χ1) is 18.1. The summed E-state index contributed by atoms with van der Waals surface area (Å²) in [5.41, 5.74) is 8.28. The van der Waals surface area contributed by atoms with E-state index in [9.17, 15) is 9.59 Å². The van der Waals surface area contributed by atoms with E-state index in [0.29, 0.717) is 18.7 Å². The summed E-state index contributed by atoms with van der Waals surface area (Å²) in [6.07, 6.45) is 5.91. The number of hydrogen-bond acceptors (Lipinski definition) is 4. The maximum Gasteiger partial charge on any atom is 0.270 e. The van der Waals surface area contributed by atoms with Crippen LogP contribution in [0.5, 0.6) is 0 Å². The molecule has 0 fully saturated rings. The third-order valence-electron chi connectivity index (χ3n) is 7.35. The number of nitrogens with zero attached hydrogens (tertiary/aromatic N) is 5. The van der Waals surface area contributed by atoms with Crippen molar-refractivity contribution in [1.29, 1.82) is 0 Å². The molecule has 0 atom stereocenters. The van der Waals surface area contributed by atoms with Crippen molar-refractivity contribution < 1.29 is 9.59 Å². The monoisotopic (exact) mass is 485 g/mol. The Morgan fingerprint density at radius 1 is 0.838 bits per heavy atom. The van der Waals surface area contributed by atoms with E-state index < -0.39 is 0 Å². The Bertz CT molecular complexity index is 1720. The molecule has 0 unspecified atom stereocenters. The Labute approximate surface area is 213 Å². The van der Waals surface area contributed by atoms with Gasteiger partial charge in [0.1, 0.15) is 11.3 Å². The summed E-state index contributed by atoms with van der Waals surface area (Å²) in [4.78, 5) is 38.1. The van der Waals surface area contributed by atoms with E-state index >= 15 is 0 Å². The number of amides is 2. The fourth-order valence-corrected chi connectivity index (χ4v) is 5.44. The van der Waals surface area contributed by atoms with Crippen molar-refractivity contribution in [2.45, 2.75) is 13.0 Å². The minimum Gasteiger partial charge on any atom is -0.339 e. The fourth-order valence-electron chi connectivity index (χ4n) is 5.44. The van der Waals surface area contributed by atoms with E-state index in [1.54, 1.807) is 16.0 Å². The van der Waals surface area contributed by atoms with Crippen LogP contribution in [0, 0.1) is 0 Å². The lowest BCUT2D eigenvalue weighted by Gasteiger charge is -2.24. The second kappa shape index (κ2) is 8.13. The summed E-state index contributed by atoms with van der Waals surface area (Å²) in [5.74, 6) is 0.0977. The first kappa shape index (κ1) is 21.5. The van der Waals surface area contributed by atoms with Crippen LogP contribution in [0.3, 0.4) is 0 Å². The molecular weight excluding hydrogens is 462 g/mol. The summed E-state index contributed by atoms with van der Waals surface area (Å²) in [7, 11) is 1.83. The van der Waals surface area contributed by atoms with Crippen LogP contribution >= 0.6 is 0 Å². The summed E-state index contributed by atoms with van der Waals surface area (Å²) < 4.78 is 2.01. The zero-order valence-corrected chi connectivity index (χ0v) is 20.3. The van der Waals surface area contributed by atoms with Crippen molar-refractivity contribution in [2.75, 3.05) is 18.5 Å². The molecular formula is C30H23N5O2. The first-order valence-electron chi connectivity index (χ1n) is 12.3. The normalized spacial score (nSPS) is 14.8. The molecule has 2 aromatic carbocycles. The number of anilines is 2. The van der Waals surface area contributed by atoms with Gasteiger partial charge >= 0.3 is 0 Å². The number of benzene rings is 2. The lowest BCUT2D eigenvalue weighted by Crippen LogP contribution is -2.36. The number of carbonyl (C=O) groups excluding carboxylic acids is 2. The number of hydrogen-bond donors (Lipinski definition) is 0. The first-order valence-corrected chi connectivity index (χ1v) is 12.3. The molecule has 0 aliphatic carbocycles. The average Bonchev–Trinajstić information content (AvgIpc) is 3.48. The van der Waals surface area contributed by atoms with Gasteiger partial charge in [0.25, 0.3) is 5.91 Å². The maximum absolute atomic E-state index is 12.7. The van der Waals surface area contributed by atoms with E-state index in [0.717, 1.165) is 56.8 Å². The molecule has 5 aromatic rings. The minimum atomic E-state index is 0.0151. The Hall–Kier alpha value is -4.78. The molecule has 3 aromatic heterocycles. The van der Waals surface area contributed by atoms with Crippen molar-refractivity contribution in [3.8, 4) is 22.3 Å². The smallest absolute Gasteiger partial charge is 0.270 e. The number of likely N-dealkylation sites (N-methyl/N-ethyl adjacent to an activating group) is 1. The van der Waals surface area contributed by atoms with Crippen molar-refractivity contribution in [1.82, 2.24) is 19.4 Å². The van der Waals surface area contributed by atoms with Gasteiger partial charge < -0.3 is 9.47 Å². The highest BCUT2D eigenvalue weighted by atomic mass is 16.2. The standard InChI is InChI=1S/C30H23N5O2/c1-33-12-13-34-27(30(33)37)16-25-24(10-11-32-29(25)34)22-14-21(17-31-18-22)19-6-8-23(9-7-19)35-26-5-3-2-4-20(26)15-28(35)36/h2-11,14,16-18H,12-13,15H2,1H3. The van der Waals surface area contributed by atoms with Crippen LogP contribution in [0.25, 0.3) is 33.3 Å². The second-order valence-corrected chi connectivity index (χ2v) is 9.55. The van der Waals surface area contributed by atoms with Gasteiger partial charge in [-0.3, -0.25) is 19.5 Å². The van der Waals surface area contributed by atoms with Crippen molar-refractivity contribution in [3.05, 3.63) is 96.6 Å². The number of fused-ring (bicyclic) bond motifs is 4. The third kappa shape index (κ3) is 3.35. The van der Waals surface area contributed by atoms with Crippen molar-refractivity contribution in [3.63, 3.8) is 0 Å². The van der Waals surface area contributed by atoms with Gasteiger partial charge in [-0.05, 0) is 53.1 Å². The Morgan fingerprint density at radius 3 is 2.51 bits per heavy atom. The van der Waals surface area contributed by atoms with E-state index in [2.05, 4.69) is 16.0 Å². The van der Waals surface area contributed by atoms with Gasteiger partial charge in [-0.2, -0.15) is 0 Å². The van der Waals surface area contributed by atoms with Crippen LogP contribution in [-0.2, 0) is 17.8 Å². The van der Waals surface area contributed by atoms with Crippen LogP contribution in [0.4, 0.5) is 11.4 Å². The second-order valence-electron chi connectivity index (χ2n) is 9.55. The largest absolute Gasteiger partial charge is 0.339 e. The van der Waals surface area contributed by atoms with E-state index in [1.807, 2.05) is 84.7 Å². The van der Waals surface area contributed by atoms with Gasteiger partial charge in [-0.15, -0.1) is 0 Å². The molecule has 7 rings (SSSR count). The molecule has 7 heteroatoms. The molecule has 37 heavy (non-hydrogen) atoms. The molecule has 2 aliphatic heterocycles. The molecule has 0 saturated heterocycles. The number of carbonyl (C=O) groups is 2. The van der Waals surface area contributed by atoms with Crippen LogP contribution in [0.15, 0.2) is 85.3 Å². The molecule has 0 saturated carbocycles. The fraction of sp³-hybridized carbons (Fsp3) is 0.133. The minimum absolute atomic E-state index is 0.0151. The van der Waals surface area contributed by atoms with Crippen LogP contribution in [-0.4, -0.2) is 44.8 Å². The predicted octanol–water partition coefficient (Wildman–Crippen LogP) is 5.07. The Kier molecular flexibility index (Phi) is 4.72. The topological polar surface area (TPSA) is 71.3 Å². The highest BCUT2D eigenvalue weighted by Gasteiger charge is 2.28. The van der Waals surface area contributed by atoms with E-state index in [4.69, 9.17) is 0 Å². The lowest BCUT2D eigenvalue weighted by molar-refractivity contribution is -0.116. The van der Waals surface area contributed by atoms with E-state index in [-0.39, 0.29) is 11.8 Å². The molecule has 0 radical (unpaired) electrons. The summed E-state index contributed by atoms with van der Waals surface area (Å²) in [6, 6.07) is 22.0. The van der Waals surface area contributed by atoms with Crippen LogP contribution < -0.4 is 4.90 Å². The summed E-state index contributed by atoms with van der Waals surface area (Å²) >= 11 is 0. The molecule has 0 spiro atoms. The van der Waals surface area contributed by atoms with Gasteiger partial charge in [-0.1, -0.05) is 30.3 Å². The molecule has 7 nitrogen and oxygen atoms in total. The SMILES string of the molecule is CN1CCn2c(cc3c(-c4cncc(-c5ccc(N6C(=O)Cc7ccccc76)cc5)c4)ccnc32)C1=O. The summed E-state index contributed by atoms with van der Waals surface area (Å²) in [5, 5.41) is 0.946. The number of pyridine rings is 2. The van der Waals surface area contributed by atoms with Gasteiger partial charge in [-0.25, -0.2) is 4.98 Å². The zero-order valence-electron chi connectivity index (χ0n) is 20.3. The molecule has 5 heterocycles. The maximum atomic E-state index is 12.7. The Morgan fingerprint density at radius 2 is 1.65 bits per heavy atom.